The van der Waals surface area contributed by atoms with Gasteiger partial charge in [0.15, 0.2) is 9.84 Å². The molecule has 30 heavy (non-hydrogen) atoms. The molecule has 2 aromatic carbocycles. The van der Waals surface area contributed by atoms with Gasteiger partial charge in [-0.2, -0.15) is 0 Å². The zero-order valence-corrected chi connectivity index (χ0v) is 19.3. The number of benzene rings is 2. The minimum absolute atomic E-state index is 0. The van der Waals surface area contributed by atoms with Crippen LogP contribution in [-0.2, 0) is 22.7 Å². The first kappa shape index (κ1) is 23.4. The van der Waals surface area contributed by atoms with Crippen molar-refractivity contribution in [1.29, 1.82) is 0 Å². The molecule has 2 atom stereocenters. The van der Waals surface area contributed by atoms with Crippen LogP contribution >= 0.6 is 24.0 Å². The number of nitrogens with two attached hydrogens (primary N) is 1. The quantitative estimate of drug-likeness (QED) is 0.568. The van der Waals surface area contributed by atoms with Crippen molar-refractivity contribution in [1.82, 2.24) is 0 Å². The molecular weight excluding hydrogens is 441 g/mol. The first-order valence-electron chi connectivity index (χ1n) is 10.4. The second-order valence-corrected chi connectivity index (χ2v) is 11.0. The average molecular weight is 470 g/mol. The van der Waals surface area contributed by atoms with Crippen LogP contribution in [0.25, 0.3) is 0 Å². The fourth-order valence-electron chi connectivity index (χ4n) is 4.20. The zero-order valence-electron chi connectivity index (χ0n) is 16.9. The Bertz CT molecular complexity index is 976. The van der Waals surface area contributed by atoms with E-state index in [1.807, 2.05) is 24.3 Å². The monoisotopic (exact) mass is 469 g/mol. The molecule has 164 valence electrons. The second kappa shape index (κ2) is 9.90. The predicted molar refractivity (Wildman–Crippen MR) is 125 cm³/mol. The summed E-state index contributed by atoms with van der Waals surface area (Å²) in [7, 11) is -2.92. The lowest BCUT2D eigenvalue weighted by atomic mass is 9.76. The minimum atomic E-state index is -2.92. The van der Waals surface area contributed by atoms with Gasteiger partial charge in [0, 0.05) is 17.0 Å². The van der Waals surface area contributed by atoms with Gasteiger partial charge >= 0.3 is 0 Å². The fraction of sp³-hybridized carbons (Fsp3) is 0.478. The van der Waals surface area contributed by atoms with Crippen LogP contribution in [0.5, 0.6) is 5.75 Å². The number of fused-ring (bicyclic) bond motifs is 1. The molecule has 2 N–H and O–H groups in total. The Kier molecular flexibility index (Phi) is 7.72. The Morgan fingerprint density at radius 2 is 1.87 bits per heavy atom. The molecule has 7 heteroatoms. The van der Waals surface area contributed by atoms with E-state index in [9.17, 15) is 8.42 Å². The summed E-state index contributed by atoms with van der Waals surface area (Å²) in [4.78, 5) is 0. The van der Waals surface area contributed by atoms with E-state index in [4.69, 9.17) is 22.1 Å². The SMILES string of the molecule is Cl.NC1CCc2ccc(OCCCS(=O)(=O)C3CC3)cc2C1Cc1ccccc1Cl. The van der Waals surface area contributed by atoms with E-state index in [2.05, 4.69) is 18.2 Å². The highest BCUT2D eigenvalue weighted by atomic mass is 35.5. The third-order valence-corrected chi connectivity index (χ3v) is 8.77. The third kappa shape index (κ3) is 5.50. The summed E-state index contributed by atoms with van der Waals surface area (Å²) in [6.07, 6.45) is 4.90. The van der Waals surface area contributed by atoms with Gasteiger partial charge in [0.05, 0.1) is 17.6 Å². The average Bonchev–Trinajstić information content (AvgIpc) is 3.55. The van der Waals surface area contributed by atoms with E-state index in [0.717, 1.165) is 48.4 Å². The van der Waals surface area contributed by atoms with Gasteiger partial charge in [0.2, 0.25) is 0 Å². The van der Waals surface area contributed by atoms with Crippen LogP contribution in [0.15, 0.2) is 42.5 Å². The van der Waals surface area contributed by atoms with E-state index in [-0.39, 0.29) is 35.4 Å². The van der Waals surface area contributed by atoms with Crippen molar-refractivity contribution in [3.8, 4) is 5.75 Å². The Labute approximate surface area is 190 Å². The number of hydrogen-bond acceptors (Lipinski definition) is 4. The Balaban J connectivity index is 0.00000256. The molecule has 2 aromatic rings. The first-order valence-corrected chi connectivity index (χ1v) is 12.5. The normalized spacial score (nSPS) is 20.9. The smallest absolute Gasteiger partial charge is 0.153 e. The second-order valence-electron chi connectivity index (χ2n) is 8.23. The Morgan fingerprint density at radius 3 is 2.60 bits per heavy atom. The van der Waals surface area contributed by atoms with Crippen molar-refractivity contribution in [3.05, 3.63) is 64.2 Å². The fourth-order valence-corrected chi connectivity index (χ4v) is 6.12. The van der Waals surface area contributed by atoms with Gasteiger partial charge in [-0.15, -0.1) is 12.4 Å². The van der Waals surface area contributed by atoms with Gasteiger partial charge in [-0.3, -0.25) is 0 Å². The molecule has 4 nitrogen and oxygen atoms in total. The van der Waals surface area contributed by atoms with Crippen LogP contribution < -0.4 is 10.5 Å². The highest BCUT2D eigenvalue weighted by Gasteiger charge is 2.35. The molecule has 0 radical (unpaired) electrons. The summed E-state index contributed by atoms with van der Waals surface area (Å²) in [5, 5.41) is 0.675. The highest BCUT2D eigenvalue weighted by molar-refractivity contribution is 7.92. The van der Waals surface area contributed by atoms with Gasteiger partial charge in [-0.1, -0.05) is 35.9 Å². The largest absolute Gasteiger partial charge is 0.494 e. The summed E-state index contributed by atoms with van der Waals surface area (Å²) in [6.45, 7) is 0.409. The summed E-state index contributed by atoms with van der Waals surface area (Å²) >= 11 is 6.38. The summed E-state index contributed by atoms with van der Waals surface area (Å²) < 4.78 is 29.9. The van der Waals surface area contributed by atoms with Gasteiger partial charge in [-0.25, -0.2) is 8.42 Å². The molecular formula is C23H29Cl2NO3S. The molecule has 4 rings (SSSR count). The van der Waals surface area contributed by atoms with Crippen LogP contribution in [0.2, 0.25) is 5.02 Å². The predicted octanol–water partition coefficient (Wildman–Crippen LogP) is 4.71. The summed E-state index contributed by atoms with van der Waals surface area (Å²) in [5.41, 5.74) is 10.1. The van der Waals surface area contributed by atoms with Crippen LogP contribution in [0.1, 0.15) is 48.3 Å². The number of hydrogen-bond donors (Lipinski definition) is 1. The first-order chi connectivity index (χ1) is 13.9. The topological polar surface area (TPSA) is 69.4 Å². The molecule has 0 spiro atoms. The number of halogens is 2. The molecule has 2 aliphatic carbocycles. The van der Waals surface area contributed by atoms with E-state index >= 15 is 0 Å². The molecule has 0 bridgehead atoms. The number of aryl methyl sites for hydroxylation is 1. The zero-order chi connectivity index (χ0) is 20.4. The van der Waals surface area contributed by atoms with Gasteiger partial charge < -0.3 is 10.5 Å². The molecule has 0 saturated heterocycles. The molecule has 2 aliphatic rings. The molecule has 1 saturated carbocycles. The highest BCUT2D eigenvalue weighted by Crippen LogP contribution is 2.37. The maximum Gasteiger partial charge on any atom is 0.153 e. The number of rotatable bonds is 8. The number of ether oxygens (including phenoxy) is 1. The standard InChI is InChI=1S/C23H28ClNO3S.ClH/c24-22-5-2-1-4-17(22)14-21-20-15-18(8-6-16(20)7-11-23(21)25)28-12-3-13-29(26,27)19-9-10-19;/h1-2,4-6,8,15,19,21,23H,3,7,9-14,25H2;1H. The Hall–Kier alpha value is -1.27. The number of sulfone groups is 1. The van der Waals surface area contributed by atoms with Crippen LogP contribution in [-0.4, -0.2) is 32.1 Å². The van der Waals surface area contributed by atoms with E-state index in [1.165, 1.54) is 11.1 Å². The lowest BCUT2D eigenvalue weighted by molar-refractivity contribution is 0.316. The molecule has 0 heterocycles. The lowest BCUT2D eigenvalue weighted by Crippen LogP contribution is -2.34. The summed E-state index contributed by atoms with van der Waals surface area (Å²) in [6, 6.07) is 14.2. The lowest BCUT2D eigenvalue weighted by Gasteiger charge is -2.32. The molecule has 0 aromatic heterocycles. The van der Waals surface area contributed by atoms with Crippen LogP contribution in [0.3, 0.4) is 0 Å². The van der Waals surface area contributed by atoms with Crippen molar-refractivity contribution >= 4 is 33.8 Å². The maximum absolute atomic E-state index is 12.0. The van der Waals surface area contributed by atoms with Crippen molar-refractivity contribution in [3.63, 3.8) is 0 Å². The van der Waals surface area contributed by atoms with Gasteiger partial charge in [0.1, 0.15) is 5.75 Å². The maximum atomic E-state index is 12.0. The van der Waals surface area contributed by atoms with Gasteiger partial charge in [0.25, 0.3) is 0 Å². The van der Waals surface area contributed by atoms with E-state index in [1.54, 1.807) is 0 Å². The Morgan fingerprint density at radius 1 is 1.10 bits per heavy atom. The van der Waals surface area contributed by atoms with Crippen molar-refractivity contribution < 1.29 is 13.2 Å². The molecule has 1 fully saturated rings. The third-order valence-electron chi connectivity index (χ3n) is 6.05. The minimum Gasteiger partial charge on any atom is -0.494 e. The van der Waals surface area contributed by atoms with Crippen molar-refractivity contribution in [2.45, 2.75) is 55.7 Å². The molecule has 0 aliphatic heterocycles. The molecule has 0 amide bonds. The van der Waals surface area contributed by atoms with E-state index < -0.39 is 9.84 Å². The van der Waals surface area contributed by atoms with Crippen molar-refractivity contribution in [2.75, 3.05) is 12.4 Å². The van der Waals surface area contributed by atoms with Crippen LogP contribution in [0, 0.1) is 0 Å². The molecule has 2 unspecified atom stereocenters. The summed E-state index contributed by atoms with van der Waals surface area (Å²) in [5.74, 6) is 1.19. The van der Waals surface area contributed by atoms with Gasteiger partial charge in [-0.05, 0) is 73.4 Å². The van der Waals surface area contributed by atoms with Crippen molar-refractivity contribution in [2.24, 2.45) is 5.73 Å². The van der Waals surface area contributed by atoms with Crippen LogP contribution in [0.4, 0.5) is 0 Å². The van der Waals surface area contributed by atoms with E-state index in [0.29, 0.717) is 13.0 Å².